The molecule has 0 unspecified atom stereocenters. The van der Waals surface area contributed by atoms with Crippen molar-refractivity contribution in [1.29, 1.82) is 0 Å². The smallest absolute Gasteiger partial charge is 0.255 e. The van der Waals surface area contributed by atoms with Crippen molar-refractivity contribution in [3.05, 3.63) is 125 Å². The maximum Gasteiger partial charge on any atom is 0.255 e. The lowest BCUT2D eigenvalue weighted by atomic mass is 10.0. The largest absolute Gasteiger partial charge is 0.331 e. The third kappa shape index (κ3) is 11.8. The van der Waals surface area contributed by atoms with Crippen molar-refractivity contribution in [2.45, 2.75) is 58.3 Å². The lowest BCUT2D eigenvalue weighted by Crippen LogP contribution is -2.35. The second-order valence-electron chi connectivity index (χ2n) is 13.1. The minimum atomic E-state index is -0.273. The number of aryl methyl sites for hydroxylation is 2. The van der Waals surface area contributed by atoms with Crippen molar-refractivity contribution in [2.24, 2.45) is 0 Å². The molecule has 0 aromatic heterocycles. The lowest BCUT2D eigenvalue weighted by Gasteiger charge is -2.23. The summed E-state index contributed by atoms with van der Waals surface area (Å²) in [7, 11) is 6.74. The lowest BCUT2D eigenvalue weighted by molar-refractivity contribution is -0.870. The number of hydrogen-bond acceptors (Lipinski definition) is 3. The summed E-state index contributed by atoms with van der Waals surface area (Å²) in [6.45, 7) is 3.31. The quantitative estimate of drug-likeness (QED) is 0.0849. The number of nitrogens with zero attached hydrogens (tertiary/aromatic N) is 1. The molecule has 0 saturated carbocycles. The first kappa shape index (κ1) is 35.1. The Hall–Kier alpha value is -4.75. The number of quaternary nitrogens is 1. The highest BCUT2D eigenvalue weighted by Crippen LogP contribution is 2.18. The van der Waals surface area contributed by atoms with E-state index in [9.17, 15) is 14.4 Å². The summed E-state index contributed by atoms with van der Waals surface area (Å²) in [5.74, 6) is -0.648. The summed E-state index contributed by atoms with van der Waals surface area (Å²) >= 11 is 0. The summed E-state index contributed by atoms with van der Waals surface area (Å²) in [5.41, 5.74) is 5.93. The third-order valence-electron chi connectivity index (χ3n) is 8.19. The molecule has 248 valence electrons. The van der Waals surface area contributed by atoms with Crippen LogP contribution in [0.15, 0.2) is 97.1 Å². The molecule has 0 aliphatic carbocycles. The molecule has 7 heteroatoms. The van der Waals surface area contributed by atoms with Crippen LogP contribution in [-0.2, 0) is 12.8 Å². The maximum absolute atomic E-state index is 12.8. The molecular formula is C40H51N4O3+. The molecule has 0 bridgehead atoms. The van der Waals surface area contributed by atoms with E-state index in [2.05, 4.69) is 44.0 Å². The molecule has 4 aromatic rings. The van der Waals surface area contributed by atoms with E-state index in [0.717, 1.165) is 17.3 Å². The minimum absolute atomic E-state index is 0. The van der Waals surface area contributed by atoms with E-state index in [-0.39, 0.29) is 19.1 Å². The molecule has 0 spiro atoms. The van der Waals surface area contributed by atoms with E-state index >= 15 is 0 Å². The van der Waals surface area contributed by atoms with Gasteiger partial charge in [-0.3, -0.25) is 14.4 Å². The van der Waals surface area contributed by atoms with E-state index in [1.165, 1.54) is 56.2 Å². The van der Waals surface area contributed by atoms with Gasteiger partial charge >= 0.3 is 0 Å². The zero-order chi connectivity index (χ0) is 33.6. The molecule has 7 nitrogen and oxygen atoms in total. The van der Waals surface area contributed by atoms with Gasteiger partial charge in [0.25, 0.3) is 17.7 Å². The Morgan fingerprint density at radius 1 is 0.489 bits per heavy atom. The van der Waals surface area contributed by atoms with Crippen LogP contribution < -0.4 is 16.0 Å². The topological polar surface area (TPSA) is 87.3 Å². The Labute approximate surface area is 281 Å². The van der Waals surface area contributed by atoms with Crippen molar-refractivity contribution in [1.82, 2.24) is 0 Å². The number of rotatable bonds is 16. The SMILES string of the molecule is CCc1ccc(C(=O)Nc2ccc(C(=O)Nc3ccc(NC(=O)c4ccc(CCCCCCCC[N+](C)(C)C)cc4)cc3)cc2)cc1.[HH]. The van der Waals surface area contributed by atoms with Gasteiger partial charge in [-0.05, 0) is 116 Å². The predicted molar refractivity (Wildman–Crippen MR) is 195 cm³/mol. The van der Waals surface area contributed by atoms with E-state index < -0.39 is 0 Å². The van der Waals surface area contributed by atoms with Gasteiger partial charge in [0.15, 0.2) is 0 Å². The van der Waals surface area contributed by atoms with Crippen LogP contribution in [-0.4, -0.2) is 49.9 Å². The summed E-state index contributed by atoms with van der Waals surface area (Å²) in [6, 6.07) is 29.1. The van der Waals surface area contributed by atoms with Crippen LogP contribution >= 0.6 is 0 Å². The fraction of sp³-hybridized carbons (Fsp3) is 0.325. The normalized spacial score (nSPS) is 11.1. The van der Waals surface area contributed by atoms with E-state index in [0.29, 0.717) is 33.8 Å². The Morgan fingerprint density at radius 3 is 1.23 bits per heavy atom. The van der Waals surface area contributed by atoms with Crippen molar-refractivity contribution in [3.8, 4) is 0 Å². The Bertz CT molecular complexity index is 1600. The highest BCUT2D eigenvalue weighted by Gasteiger charge is 2.11. The minimum Gasteiger partial charge on any atom is -0.331 e. The highest BCUT2D eigenvalue weighted by atomic mass is 16.2. The van der Waals surface area contributed by atoms with Gasteiger partial charge in [0, 0.05) is 35.2 Å². The molecular weight excluding hydrogens is 584 g/mol. The molecule has 0 atom stereocenters. The van der Waals surface area contributed by atoms with Crippen molar-refractivity contribution < 1.29 is 20.3 Å². The average Bonchev–Trinajstić information content (AvgIpc) is 3.07. The summed E-state index contributed by atoms with van der Waals surface area (Å²) in [6.07, 6.45) is 9.54. The number of carbonyl (C=O) groups is 3. The zero-order valence-corrected chi connectivity index (χ0v) is 28.3. The average molecular weight is 636 g/mol. The fourth-order valence-corrected chi connectivity index (χ4v) is 5.29. The van der Waals surface area contributed by atoms with Crippen LogP contribution in [0.1, 0.15) is 89.1 Å². The maximum atomic E-state index is 12.8. The molecule has 4 rings (SSSR count). The van der Waals surface area contributed by atoms with Crippen LogP contribution in [0.5, 0.6) is 0 Å². The zero-order valence-electron chi connectivity index (χ0n) is 28.3. The molecule has 3 N–H and O–H groups in total. The van der Waals surface area contributed by atoms with Crippen LogP contribution in [0.2, 0.25) is 0 Å². The first-order chi connectivity index (χ1) is 22.6. The number of anilines is 3. The molecule has 47 heavy (non-hydrogen) atoms. The van der Waals surface area contributed by atoms with Crippen molar-refractivity contribution in [2.75, 3.05) is 43.6 Å². The Morgan fingerprint density at radius 2 is 0.830 bits per heavy atom. The Kier molecular flexibility index (Phi) is 12.9. The summed E-state index contributed by atoms with van der Waals surface area (Å²) in [4.78, 5) is 38.2. The van der Waals surface area contributed by atoms with Crippen LogP contribution in [0.25, 0.3) is 0 Å². The second-order valence-corrected chi connectivity index (χ2v) is 13.1. The fourth-order valence-electron chi connectivity index (χ4n) is 5.29. The van der Waals surface area contributed by atoms with Gasteiger partial charge in [-0.25, -0.2) is 0 Å². The van der Waals surface area contributed by atoms with Crippen LogP contribution in [0, 0.1) is 0 Å². The van der Waals surface area contributed by atoms with Gasteiger partial charge < -0.3 is 20.4 Å². The molecule has 0 radical (unpaired) electrons. The summed E-state index contributed by atoms with van der Waals surface area (Å²) in [5, 5.41) is 8.66. The molecule has 4 aromatic carbocycles. The number of amides is 3. The van der Waals surface area contributed by atoms with E-state index in [4.69, 9.17) is 0 Å². The molecule has 0 heterocycles. The first-order valence-corrected chi connectivity index (χ1v) is 16.7. The summed E-state index contributed by atoms with van der Waals surface area (Å²) < 4.78 is 1.04. The highest BCUT2D eigenvalue weighted by molar-refractivity contribution is 6.07. The van der Waals surface area contributed by atoms with Gasteiger partial charge in [0.1, 0.15) is 0 Å². The van der Waals surface area contributed by atoms with E-state index in [1.54, 1.807) is 48.5 Å². The molecule has 0 fully saturated rings. The van der Waals surface area contributed by atoms with Crippen molar-refractivity contribution >= 4 is 34.8 Å². The molecule has 0 saturated heterocycles. The molecule has 0 aliphatic heterocycles. The standard InChI is InChI=1S/C40H48N4O3.H2/c1-5-30-13-17-32(18-14-30)38(45)41-35-23-21-34(22-24-35)40(47)43-37-27-25-36(26-28-37)42-39(46)33-19-15-31(16-20-33)12-10-8-6-7-9-11-29-44(2,3)4;/h13-28H,5-12,29H2,1-4H3,(H2-,41,42,43,45,46,47);1H/p+1. The number of carbonyl (C=O) groups excluding carboxylic acids is 3. The van der Waals surface area contributed by atoms with Gasteiger partial charge in [-0.15, -0.1) is 0 Å². The number of unbranched alkanes of at least 4 members (excludes halogenated alkanes) is 5. The first-order valence-electron chi connectivity index (χ1n) is 16.7. The van der Waals surface area contributed by atoms with Gasteiger partial charge in [0.05, 0.1) is 27.7 Å². The third-order valence-corrected chi connectivity index (χ3v) is 8.19. The van der Waals surface area contributed by atoms with Crippen LogP contribution in [0.4, 0.5) is 17.1 Å². The van der Waals surface area contributed by atoms with E-state index in [1.807, 2.05) is 48.5 Å². The number of hydrogen-bond donors (Lipinski definition) is 3. The van der Waals surface area contributed by atoms with Gasteiger partial charge in [-0.2, -0.15) is 0 Å². The molecule has 0 aliphatic rings. The van der Waals surface area contributed by atoms with Gasteiger partial charge in [-0.1, -0.05) is 50.5 Å². The van der Waals surface area contributed by atoms with Crippen molar-refractivity contribution in [3.63, 3.8) is 0 Å². The number of nitrogens with one attached hydrogen (secondary N) is 3. The Balaban J connectivity index is 0.00000625. The molecule has 3 amide bonds. The second kappa shape index (κ2) is 17.2. The monoisotopic (exact) mass is 635 g/mol. The van der Waals surface area contributed by atoms with Crippen LogP contribution in [0.3, 0.4) is 0 Å². The number of benzene rings is 4. The predicted octanol–water partition coefficient (Wildman–Crippen LogP) is 8.84. The van der Waals surface area contributed by atoms with Gasteiger partial charge in [0.2, 0.25) is 0 Å².